The quantitative estimate of drug-likeness (QED) is 0.777. The Morgan fingerprint density at radius 3 is 2.37 bits per heavy atom. The van der Waals surface area contributed by atoms with Gasteiger partial charge in [0.25, 0.3) is 0 Å². The molecule has 1 aromatic carbocycles. The summed E-state index contributed by atoms with van der Waals surface area (Å²) >= 11 is 3.31. The minimum absolute atomic E-state index is 0.307. The lowest BCUT2D eigenvalue weighted by Crippen LogP contribution is -2.34. The summed E-state index contributed by atoms with van der Waals surface area (Å²) in [6.45, 7) is 3.56. The van der Waals surface area contributed by atoms with Crippen LogP contribution in [0.5, 0.6) is 0 Å². The Hall–Kier alpha value is -1.56. The number of carboxylic acid groups (broad SMARTS) is 1. The Bertz CT molecular complexity index is 457. The predicted octanol–water partition coefficient (Wildman–Crippen LogP) is 3.07. The number of halogens is 1. The average Bonchev–Trinajstić information content (AvgIpc) is 2.31. The number of carbonyl (C=O) groups excluding carboxylic acids is 1. The van der Waals surface area contributed by atoms with Crippen LogP contribution in [0, 0.1) is 5.41 Å². The van der Waals surface area contributed by atoms with Crippen molar-refractivity contribution < 1.29 is 14.7 Å². The van der Waals surface area contributed by atoms with Crippen molar-refractivity contribution in [3.8, 4) is 0 Å². The molecule has 6 heteroatoms. The van der Waals surface area contributed by atoms with Gasteiger partial charge in [0, 0.05) is 16.7 Å². The van der Waals surface area contributed by atoms with Crippen LogP contribution in [0.2, 0.25) is 0 Å². The first-order chi connectivity index (χ1) is 8.81. The zero-order chi connectivity index (χ0) is 14.5. The molecule has 0 heterocycles. The van der Waals surface area contributed by atoms with Crippen molar-refractivity contribution >= 4 is 33.6 Å². The molecule has 0 unspecified atom stereocenters. The van der Waals surface area contributed by atoms with E-state index in [1.54, 1.807) is 26.0 Å². The number of benzene rings is 1. The number of carbonyl (C=O) groups is 2. The van der Waals surface area contributed by atoms with Gasteiger partial charge in [-0.2, -0.15) is 0 Å². The van der Waals surface area contributed by atoms with Gasteiger partial charge >= 0.3 is 12.0 Å². The summed E-state index contributed by atoms with van der Waals surface area (Å²) in [6.07, 6.45) is 0.371. The lowest BCUT2D eigenvalue weighted by atomic mass is 9.90. The predicted molar refractivity (Wildman–Crippen MR) is 77.2 cm³/mol. The number of anilines is 1. The molecule has 0 aliphatic carbocycles. The normalized spacial score (nSPS) is 10.9. The molecule has 0 aliphatic rings. The molecule has 5 nitrogen and oxygen atoms in total. The average molecular weight is 329 g/mol. The molecular formula is C13H17BrN2O3. The summed E-state index contributed by atoms with van der Waals surface area (Å²) in [5.74, 6) is -0.873. The number of amides is 2. The molecule has 0 spiro atoms. The first-order valence-electron chi connectivity index (χ1n) is 5.85. The van der Waals surface area contributed by atoms with Crippen molar-refractivity contribution in [1.82, 2.24) is 5.32 Å². The van der Waals surface area contributed by atoms with Gasteiger partial charge in [0.2, 0.25) is 0 Å². The van der Waals surface area contributed by atoms with Gasteiger partial charge in [-0.15, -0.1) is 0 Å². The molecule has 19 heavy (non-hydrogen) atoms. The van der Waals surface area contributed by atoms with Crippen LogP contribution in [-0.4, -0.2) is 23.7 Å². The molecule has 1 rings (SSSR count). The van der Waals surface area contributed by atoms with Gasteiger partial charge in [0.15, 0.2) is 0 Å². The summed E-state index contributed by atoms with van der Waals surface area (Å²) < 4.78 is 0.932. The Balaban J connectivity index is 2.36. The lowest BCUT2D eigenvalue weighted by molar-refractivity contribution is -0.147. The van der Waals surface area contributed by atoms with E-state index in [4.69, 9.17) is 5.11 Å². The molecule has 0 saturated carbocycles. The number of nitrogens with one attached hydrogen (secondary N) is 2. The molecule has 0 bridgehead atoms. The van der Waals surface area contributed by atoms with Crippen molar-refractivity contribution in [2.75, 3.05) is 11.9 Å². The van der Waals surface area contributed by atoms with E-state index in [1.165, 1.54) is 0 Å². The maximum atomic E-state index is 11.6. The van der Waals surface area contributed by atoms with Crippen LogP contribution >= 0.6 is 15.9 Å². The van der Waals surface area contributed by atoms with Crippen LogP contribution in [0.15, 0.2) is 28.7 Å². The van der Waals surface area contributed by atoms with Gasteiger partial charge in [0.1, 0.15) is 0 Å². The Labute approximate surface area is 120 Å². The fourth-order valence-corrected chi connectivity index (χ4v) is 1.57. The van der Waals surface area contributed by atoms with Gasteiger partial charge in [0.05, 0.1) is 5.41 Å². The molecule has 3 N–H and O–H groups in total. The Morgan fingerprint density at radius 1 is 1.26 bits per heavy atom. The van der Waals surface area contributed by atoms with E-state index < -0.39 is 11.4 Å². The fraction of sp³-hybridized carbons (Fsp3) is 0.385. The van der Waals surface area contributed by atoms with Crippen molar-refractivity contribution in [2.24, 2.45) is 5.41 Å². The lowest BCUT2D eigenvalue weighted by Gasteiger charge is -2.19. The highest BCUT2D eigenvalue weighted by atomic mass is 79.9. The highest BCUT2D eigenvalue weighted by molar-refractivity contribution is 9.10. The SMILES string of the molecule is CC(C)(CCNC(=O)Nc1ccc(Br)cc1)C(=O)O. The van der Waals surface area contributed by atoms with E-state index in [0.717, 1.165) is 4.47 Å². The van der Waals surface area contributed by atoms with E-state index in [9.17, 15) is 9.59 Å². The smallest absolute Gasteiger partial charge is 0.319 e. The number of urea groups is 1. The van der Waals surface area contributed by atoms with E-state index in [2.05, 4.69) is 26.6 Å². The summed E-state index contributed by atoms with van der Waals surface area (Å²) in [6, 6.07) is 6.84. The molecule has 104 valence electrons. The number of hydrogen-bond donors (Lipinski definition) is 3. The minimum atomic E-state index is -0.873. The number of hydrogen-bond acceptors (Lipinski definition) is 2. The largest absolute Gasteiger partial charge is 0.481 e. The summed E-state index contributed by atoms with van der Waals surface area (Å²) in [7, 11) is 0. The Morgan fingerprint density at radius 2 is 1.84 bits per heavy atom. The van der Waals surface area contributed by atoms with Gasteiger partial charge < -0.3 is 15.7 Å². The summed E-state index contributed by atoms with van der Waals surface area (Å²) in [5, 5.41) is 14.2. The molecule has 0 aromatic heterocycles. The van der Waals surface area contributed by atoms with E-state index in [-0.39, 0.29) is 6.03 Å². The minimum Gasteiger partial charge on any atom is -0.481 e. The first-order valence-corrected chi connectivity index (χ1v) is 6.64. The third-order valence-corrected chi connectivity index (χ3v) is 3.25. The zero-order valence-electron chi connectivity index (χ0n) is 10.9. The second-order valence-corrected chi connectivity index (χ2v) is 5.74. The highest BCUT2D eigenvalue weighted by Gasteiger charge is 2.26. The highest BCUT2D eigenvalue weighted by Crippen LogP contribution is 2.19. The van der Waals surface area contributed by atoms with Crippen LogP contribution in [0.25, 0.3) is 0 Å². The second kappa shape index (κ2) is 6.56. The second-order valence-electron chi connectivity index (χ2n) is 4.83. The third kappa shape index (κ3) is 5.30. The summed E-state index contributed by atoms with van der Waals surface area (Å²) in [5.41, 5.74) is -0.163. The summed E-state index contributed by atoms with van der Waals surface area (Å²) in [4.78, 5) is 22.5. The van der Waals surface area contributed by atoms with Crippen LogP contribution in [0.1, 0.15) is 20.3 Å². The molecule has 0 saturated heterocycles. The topological polar surface area (TPSA) is 78.4 Å². The standard InChI is InChI=1S/C13H17BrN2O3/c1-13(2,11(17)18)7-8-15-12(19)16-10-5-3-9(14)4-6-10/h3-6H,7-8H2,1-2H3,(H,17,18)(H2,15,16,19). The van der Waals surface area contributed by atoms with E-state index >= 15 is 0 Å². The molecule has 0 fully saturated rings. The van der Waals surface area contributed by atoms with Crippen LogP contribution < -0.4 is 10.6 Å². The fourth-order valence-electron chi connectivity index (χ4n) is 1.30. The van der Waals surface area contributed by atoms with E-state index in [1.807, 2.05) is 12.1 Å². The zero-order valence-corrected chi connectivity index (χ0v) is 12.5. The van der Waals surface area contributed by atoms with E-state index in [0.29, 0.717) is 18.7 Å². The molecule has 0 atom stereocenters. The molecule has 0 radical (unpaired) electrons. The maximum Gasteiger partial charge on any atom is 0.319 e. The number of carboxylic acids is 1. The Kier molecular flexibility index (Phi) is 5.35. The van der Waals surface area contributed by atoms with Gasteiger partial charge in [-0.25, -0.2) is 4.79 Å². The van der Waals surface area contributed by atoms with Crippen LogP contribution in [0.3, 0.4) is 0 Å². The molecule has 2 amide bonds. The number of aliphatic carboxylic acids is 1. The monoisotopic (exact) mass is 328 g/mol. The van der Waals surface area contributed by atoms with Crippen molar-refractivity contribution in [3.63, 3.8) is 0 Å². The number of rotatable bonds is 5. The third-order valence-electron chi connectivity index (χ3n) is 2.72. The van der Waals surface area contributed by atoms with Crippen LogP contribution in [0.4, 0.5) is 10.5 Å². The maximum absolute atomic E-state index is 11.6. The van der Waals surface area contributed by atoms with Crippen molar-refractivity contribution in [2.45, 2.75) is 20.3 Å². The van der Waals surface area contributed by atoms with Gasteiger partial charge in [-0.05, 0) is 44.5 Å². The first kappa shape index (κ1) is 15.5. The van der Waals surface area contributed by atoms with Crippen LogP contribution in [-0.2, 0) is 4.79 Å². The van der Waals surface area contributed by atoms with Crippen molar-refractivity contribution in [3.05, 3.63) is 28.7 Å². The van der Waals surface area contributed by atoms with Crippen molar-refractivity contribution in [1.29, 1.82) is 0 Å². The molecular weight excluding hydrogens is 312 g/mol. The van der Waals surface area contributed by atoms with Gasteiger partial charge in [-0.1, -0.05) is 15.9 Å². The molecule has 1 aromatic rings. The van der Waals surface area contributed by atoms with Gasteiger partial charge in [-0.3, -0.25) is 4.79 Å². The molecule has 0 aliphatic heterocycles.